The van der Waals surface area contributed by atoms with Gasteiger partial charge in [-0.2, -0.15) is 0 Å². The Hall–Kier alpha value is -1.56. The third-order valence-corrected chi connectivity index (χ3v) is 4.04. The number of nitrogens with two attached hydrogens (primary N) is 1. The first-order valence-electron chi connectivity index (χ1n) is 8.03. The van der Waals surface area contributed by atoms with Crippen molar-refractivity contribution in [2.45, 2.75) is 58.7 Å². The van der Waals surface area contributed by atoms with E-state index < -0.39 is 5.60 Å². The van der Waals surface area contributed by atoms with Gasteiger partial charge in [0, 0.05) is 44.5 Å². The monoisotopic (exact) mass is 308 g/mol. The van der Waals surface area contributed by atoms with Crippen molar-refractivity contribution in [3.05, 3.63) is 18.2 Å². The van der Waals surface area contributed by atoms with Crippen molar-refractivity contribution in [3.8, 4) is 0 Å². The molecule has 1 fully saturated rings. The molecule has 2 N–H and O–H groups in total. The van der Waals surface area contributed by atoms with Crippen LogP contribution in [-0.4, -0.2) is 45.3 Å². The number of hydrogen-bond donors (Lipinski definition) is 1. The number of hydrogen-bond acceptors (Lipinski definition) is 4. The fraction of sp³-hybridized carbons (Fsp3) is 0.750. The van der Waals surface area contributed by atoms with Crippen LogP contribution in [0.25, 0.3) is 0 Å². The molecule has 1 amide bonds. The summed E-state index contributed by atoms with van der Waals surface area (Å²) in [7, 11) is 0. The molecule has 0 spiro atoms. The second-order valence-corrected chi connectivity index (χ2v) is 6.97. The molecule has 1 saturated heterocycles. The molecule has 2 heterocycles. The van der Waals surface area contributed by atoms with Crippen LogP contribution in [-0.2, 0) is 17.7 Å². The van der Waals surface area contributed by atoms with Crippen LogP contribution in [0.3, 0.4) is 0 Å². The Morgan fingerprint density at radius 3 is 2.91 bits per heavy atom. The summed E-state index contributed by atoms with van der Waals surface area (Å²) in [5, 5.41) is 0. The second kappa shape index (κ2) is 6.69. The SMILES string of the molecule is CCn1ccnc1CC(N)C1CCN(C(=O)OC(C)(C)C)C1. The molecule has 2 atom stereocenters. The maximum atomic E-state index is 12.1. The third-order valence-electron chi connectivity index (χ3n) is 4.04. The molecule has 2 unspecified atom stereocenters. The molecular formula is C16H28N4O2. The maximum absolute atomic E-state index is 12.1. The molecule has 0 saturated carbocycles. The van der Waals surface area contributed by atoms with Gasteiger partial charge in [0.1, 0.15) is 11.4 Å². The van der Waals surface area contributed by atoms with E-state index in [4.69, 9.17) is 10.5 Å². The molecule has 1 aromatic rings. The summed E-state index contributed by atoms with van der Waals surface area (Å²) >= 11 is 0. The lowest BCUT2D eigenvalue weighted by Crippen LogP contribution is -2.38. The van der Waals surface area contributed by atoms with Crippen LogP contribution in [0.2, 0.25) is 0 Å². The summed E-state index contributed by atoms with van der Waals surface area (Å²) in [6.45, 7) is 10.0. The van der Waals surface area contributed by atoms with E-state index >= 15 is 0 Å². The molecule has 0 aliphatic carbocycles. The lowest BCUT2D eigenvalue weighted by Gasteiger charge is -2.25. The van der Waals surface area contributed by atoms with Crippen molar-refractivity contribution in [2.24, 2.45) is 11.7 Å². The van der Waals surface area contributed by atoms with Gasteiger partial charge in [0.2, 0.25) is 0 Å². The highest BCUT2D eigenvalue weighted by molar-refractivity contribution is 5.68. The van der Waals surface area contributed by atoms with Gasteiger partial charge in [-0.3, -0.25) is 0 Å². The normalized spacial score (nSPS) is 20.2. The smallest absolute Gasteiger partial charge is 0.410 e. The molecule has 1 aliphatic rings. The van der Waals surface area contributed by atoms with E-state index in [0.717, 1.165) is 31.8 Å². The minimum Gasteiger partial charge on any atom is -0.444 e. The molecule has 6 heteroatoms. The maximum Gasteiger partial charge on any atom is 0.410 e. The zero-order valence-electron chi connectivity index (χ0n) is 14.1. The Kier molecular flexibility index (Phi) is 5.11. The van der Waals surface area contributed by atoms with Crippen LogP contribution in [0.4, 0.5) is 4.79 Å². The van der Waals surface area contributed by atoms with E-state index in [1.54, 1.807) is 4.90 Å². The van der Waals surface area contributed by atoms with Crippen LogP contribution in [0.15, 0.2) is 12.4 Å². The van der Waals surface area contributed by atoms with Gasteiger partial charge in [-0.05, 0) is 40.0 Å². The first-order valence-corrected chi connectivity index (χ1v) is 8.03. The van der Waals surface area contributed by atoms with Crippen LogP contribution < -0.4 is 5.73 Å². The van der Waals surface area contributed by atoms with E-state index in [9.17, 15) is 4.79 Å². The summed E-state index contributed by atoms with van der Waals surface area (Å²) in [6, 6.07) is 0.0140. The fourth-order valence-electron chi connectivity index (χ4n) is 2.82. The number of aromatic nitrogens is 2. The van der Waals surface area contributed by atoms with Gasteiger partial charge in [0.15, 0.2) is 0 Å². The number of ether oxygens (including phenoxy) is 1. The van der Waals surface area contributed by atoms with Crippen molar-refractivity contribution in [1.29, 1.82) is 0 Å². The number of carbonyl (C=O) groups excluding carboxylic acids is 1. The quantitative estimate of drug-likeness (QED) is 0.923. The zero-order valence-corrected chi connectivity index (χ0v) is 14.1. The first kappa shape index (κ1) is 16.8. The van der Waals surface area contributed by atoms with Gasteiger partial charge in [-0.15, -0.1) is 0 Å². The summed E-state index contributed by atoms with van der Waals surface area (Å²) < 4.78 is 7.53. The van der Waals surface area contributed by atoms with E-state index in [1.807, 2.05) is 33.2 Å². The van der Waals surface area contributed by atoms with Crippen molar-refractivity contribution in [1.82, 2.24) is 14.5 Å². The lowest BCUT2D eigenvalue weighted by molar-refractivity contribution is 0.0286. The fourth-order valence-corrected chi connectivity index (χ4v) is 2.82. The largest absolute Gasteiger partial charge is 0.444 e. The standard InChI is InChI=1S/C16H28N4O2/c1-5-19-9-7-18-14(19)10-13(17)12-6-8-20(11-12)15(21)22-16(2,3)4/h7,9,12-13H,5-6,8,10-11,17H2,1-4H3. The molecule has 0 radical (unpaired) electrons. The molecular weight excluding hydrogens is 280 g/mol. The highest BCUT2D eigenvalue weighted by atomic mass is 16.6. The minimum absolute atomic E-state index is 0.0140. The minimum atomic E-state index is -0.455. The molecule has 1 aromatic heterocycles. The number of rotatable bonds is 4. The molecule has 124 valence electrons. The summed E-state index contributed by atoms with van der Waals surface area (Å²) in [6.07, 6.45) is 5.22. The van der Waals surface area contributed by atoms with Gasteiger partial charge in [-0.25, -0.2) is 9.78 Å². The Labute approximate surface area is 132 Å². The molecule has 1 aliphatic heterocycles. The van der Waals surface area contributed by atoms with Gasteiger partial charge in [0.25, 0.3) is 0 Å². The van der Waals surface area contributed by atoms with Crippen molar-refractivity contribution < 1.29 is 9.53 Å². The number of carbonyl (C=O) groups is 1. The van der Waals surface area contributed by atoms with E-state index in [0.29, 0.717) is 12.5 Å². The number of nitrogens with zero attached hydrogens (tertiary/aromatic N) is 3. The Balaban J connectivity index is 1.88. The van der Waals surface area contributed by atoms with Crippen molar-refractivity contribution >= 4 is 6.09 Å². The Morgan fingerprint density at radius 1 is 1.55 bits per heavy atom. The molecule has 22 heavy (non-hydrogen) atoms. The van der Waals surface area contributed by atoms with Crippen LogP contribution >= 0.6 is 0 Å². The summed E-state index contributed by atoms with van der Waals surface area (Å²) in [5.74, 6) is 1.32. The summed E-state index contributed by atoms with van der Waals surface area (Å²) in [5.41, 5.74) is 5.90. The number of likely N-dealkylation sites (tertiary alicyclic amines) is 1. The van der Waals surface area contributed by atoms with E-state index in [2.05, 4.69) is 16.5 Å². The Bertz CT molecular complexity index is 506. The van der Waals surface area contributed by atoms with Gasteiger partial charge in [-0.1, -0.05) is 0 Å². The topological polar surface area (TPSA) is 73.4 Å². The van der Waals surface area contributed by atoms with Crippen molar-refractivity contribution in [3.63, 3.8) is 0 Å². The van der Waals surface area contributed by atoms with Gasteiger partial charge in [0.05, 0.1) is 0 Å². The predicted molar refractivity (Wildman–Crippen MR) is 85.5 cm³/mol. The Morgan fingerprint density at radius 2 is 2.27 bits per heavy atom. The first-order chi connectivity index (χ1) is 10.3. The molecule has 6 nitrogen and oxygen atoms in total. The average Bonchev–Trinajstić information content (AvgIpc) is 3.05. The van der Waals surface area contributed by atoms with E-state index in [1.165, 1.54) is 0 Å². The lowest BCUT2D eigenvalue weighted by atomic mass is 9.97. The van der Waals surface area contributed by atoms with E-state index in [-0.39, 0.29) is 12.1 Å². The number of aryl methyl sites for hydroxylation is 1. The zero-order chi connectivity index (χ0) is 16.3. The van der Waals surface area contributed by atoms with Crippen LogP contribution in [0.1, 0.15) is 39.9 Å². The van der Waals surface area contributed by atoms with Crippen LogP contribution in [0.5, 0.6) is 0 Å². The molecule has 2 rings (SSSR count). The number of amides is 1. The molecule has 0 bridgehead atoms. The second-order valence-electron chi connectivity index (χ2n) is 6.97. The average molecular weight is 308 g/mol. The highest BCUT2D eigenvalue weighted by Gasteiger charge is 2.33. The summed E-state index contributed by atoms with van der Waals surface area (Å²) in [4.78, 5) is 18.2. The van der Waals surface area contributed by atoms with Crippen LogP contribution in [0, 0.1) is 5.92 Å². The molecule has 0 aromatic carbocycles. The van der Waals surface area contributed by atoms with Gasteiger partial charge >= 0.3 is 6.09 Å². The third kappa shape index (κ3) is 4.22. The van der Waals surface area contributed by atoms with Crippen molar-refractivity contribution in [2.75, 3.05) is 13.1 Å². The highest BCUT2D eigenvalue weighted by Crippen LogP contribution is 2.22. The van der Waals surface area contributed by atoms with Gasteiger partial charge < -0.3 is 19.9 Å². The predicted octanol–water partition coefficient (Wildman–Crippen LogP) is 2.03. The number of imidazole rings is 1.